The lowest BCUT2D eigenvalue weighted by Gasteiger charge is -2.54. The van der Waals surface area contributed by atoms with E-state index in [9.17, 15) is 4.79 Å². The highest BCUT2D eigenvalue weighted by atomic mass is 16.5. The van der Waals surface area contributed by atoms with Crippen molar-refractivity contribution in [3.8, 4) is 11.5 Å². The molecular formula is C24H26O3. The first-order chi connectivity index (χ1) is 13.2. The van der Waals surface area contributed by atoms with Crippen LogP contribution in [0.15, 0.2) is 48.5 Å². The third-order valence-electron chi connectivity index (χ3n) is 7.00. The first kappa shape index (κ1) is 16.9. The number of ether oxygens (including phenoxy) is 2. The van der Waals surface area contributed by atoms with Crippen LogP contribution in [0.1, 0.15) is 53.9 Å². The number of hydrogen-bond acceptors (Lipinski definition) is 3. The molecule has 0 aromatic heterocycles. The highest BCUT2D eigenvalue weighted by molar-refractivity contribution is 5.89. The summed E-state index contributed by atoms with van der Waals surface area (Å²) in [6.45, 7) is 0. The molecule has 0 unspecified atom stereocenters. The number of benzene rings is 2. The van der Waals surface area contributed by atoms with Crippen molar-refractivity contribution in [2.24, 2.45) is 23.7 Å². The van der Waals surface area contributed by atoms with Crippen molar-refractivity contribution in [2.45, 2.75) is 38.0 Å². The zero-order valence-electron chi connectivity index (χ0n) is 15.8. The highest BCUT2D eigenvalue weighted by Crippen LogP contribution is 2.59. The summed E-state index contributed by atoms with van der Waals surface area (Å²) in [5.41, 5.74) is 2.03. The number of esters is 1. The summed E-state index contributed by atoms with van der Waals surface area (Å²) in [7, 11) is 1.39. The molecule has 4 bridgehead atoms. The van der Waals surface area contributed by atoms with E-state index in [4.69, 9.17) is 9.47 Å². The smallest absolute Gasteiger partial charge is 0.337 e. The van der Waals surface area contributed by atoms with E-state index in [0.29, 0.717) is 5.56 Å². The molecule has 0 N–H and O–H groups in total. The summed E-state index contributed by atoms with van der Waals surface area (Å²) in [5.74, 6) is 5.82. The zero-order chi connectivity index (χ0) is 18.4. The number of rotatable bonds is 4. The third-order valence-corrected chi connectivity index (χ3v) is 7.00. The van der Waals surface area contributed by atoms with Crippen LogP contribution in [0.25, 0.3) is 0 Å². The van der Waals surface area contributed by atoms with E-state index in [-0.39, 0.29) is 5.97 Å². The number of methoxy groups -OCH3 is 1. The van der Waals surface area contributed by atoms with Gasteiger partial charge >= 0.3 is 5.97 Å². The average molecular weight is 362 g/mol. The molecule has 4 aliphatic carbocycles. The van der Waals surface area contributed by atoms with Gasteiger partial charge in [-0.2, -0.15) is 0 Å². The lowest BCUT2D eigenvalue weighted by atomic mass is 9.51. The van der Waals surface area contributed by atoms with Crippen LogP contribution < -0.4 is 4.74 Å². The quantitative estimate of drug-likeness (QED) is 0.644. The molecule has 0 heterocycles. The van der Waals surface area contributed by atoms with Crippen molar-refractivity contribution >= 4 is 5.97 Å². The Kier molecular flexibility index (Phi) is 4.18. The summed E-state index contributed by atoms with van der Waals surface area (Å²) < 4.78 is 10.7. The molecule has 0 aliphatic heterocycles. The van der Waals surface area contributed by atoms with Gasteiger partial charge in [-0.1, -0.05) is 12.1 Å². The minimum Gasteiger partial charge on any atom is -0.465 e. The largest absolute Gasteiger partial charge is 0.465 e. The lowest BCUT2D eigenvalue weighted by Crippen LogP contribution is -2.43. The van der Waals surface area contributed by atoms with E-state index in [1.54, 1.807) is 24.3 Å². The van der Waals surface area contributed by atoms with Gasteiger partial charge in [0.05, 0.1) is 12.7 Å². The molecule has 0 amide bonds. The Bertz CT molecular complexity index is 794. The van der Waals surface area contributed by atoms with Gasteiger partial charge in [-0.05, 0) is 104 Å². The predicted octanol–water partition coefficient (Wildman–Crippen LogP) is 5.81. The van der Waals surface area contributed by atoms with Gasteiger partial charge in [0.25, 0.3) is 0 Å². The minimum atomic E-state index is -0.332. The van der Waals surface area contributed by atoms with E-state index in [1.807, 2.05) is 0 Å². The van der Waals surface area contributed by atoms with Crippen molar-refractivity contribution in [1.82, 2.24) is 0 Å². The Morgan fingerprint density at radius 3 is 1.81 bits per heavy atom. The van der Waals surface area contributed by atoms with E-state index in [1.165, 1.54) is 44.8 Å². The van der Waals surface area contributed by atoms with Crippen molar-refractivity contribution in [3.05, 3.63) is 59.7 Å². The number of hydrogen-bond donors (Lipinski definition) is 0. The molecule has 0 atom stereocenters. The van der Waals surface area contributed by atoms with Gasteiger partial charge < -0.3 is 9.47 Å². The van der Waals surface area contributed by atoms with Crippen LogP contribution in [-0.2, 0) is 4.74 Å². The summed E-state index contributed by atoms with van der Waals surface area (Å²) in [4.78, 5) is 11.5. The topological polar surface area (TPSA) is 35.5 Å². The fourth-order valence-corrected chi connectivity index (χ4v) is 6.14. The van der Waals surface area contributed by atoms with Gasteiger partial charge in [-0.25, -0.2) is 4.79 Å². The maximum absolute atomic E-state index is 11.5. The second-order valence-electron chi connectivity index (χ2n) is 8.64. The fourth-order valence-electron chi connectivity index (χ4n) is 6.14. The summed E-state index contributed by atoms with van der Waals surface area (Å²) in [6, 6.07) is 15.8. The van der Waals surface area contributed by atoms with E-state index < -0.39 is 0 Å². The van der Waals surface area contributed by atoms with Crippen molar-refractivity contribution in [2.75, 3.05) is 7.11 Å². The van der Waals surface area contributed by atoms with Crippen molar-refractivity contribution in [1.29, 1.82) is 0 Å². The first-order valence-corrected chi connectivity index (χ1v) is 10.2. The number of carbonyl (C=O) groups excluding carboxylic acids is 1. The molecule has 140 valence electrons. The maximum atomic E-state index is 11.5. The molecule has 4 fully saturated rings. The number of carbonyl (C=O) groups is 1. The standard InChI is InChI=1S/C24H26O3/c1-26-24(25)18-4-8-22(9-5-18)27-21-6-2-17(3-7-21)23-19-11-15-10-16(13-19)14-20(23)12-15/h2-9,15-16,19-20,23H,10-14H2,1H3. The van der Waals surface area contributed by atoms with Crippen LogP contribution in [0.5, 0.6) is 11.5 Å². The Morgan fingerprint density at radius 2 is 1.30 bits per heavy atom. The molecule has 2 aromatic carbocycles. The molecule has 0 radical (unpaired) electrons. The van der Waals surface area contributed by atoms with Crippen LogP contribution in [0.2, 0.25) is 0 Å². The molecule has 27 heavy (non-hydrogen) atoms. The van der Waals surface area contributed by atoms with Gasteiger partial charge in [0.15, 0.2) is 0 Å². The lowest BCUT2D eigenvalue weighted by molar-refractivity contribution is -0.00279. The normalized spacial score (nSPS) is 30.9. The second-order valence-corrected chi connectivity index (χ2v) is 8.64. The summed E-state index contributed by atoms with van der Waals surface area (Å²) in [6.07, 6.45) is 7.29. The van der Waals surface area contributed by atoms with E-state index >= 15 is 0 Å². The average Bonchev–Trinajstić information content (AvgIpc) is 2.68. The van der Waals surface area contributed by atoms with Crippen LogP contribution in [0.4, 0.5) is 0 Å². The Labute approximate surface area is 160 Å². The molecular weight excluding hydrogens is 336 g/mol. The molecule has 0 spiro atoms. The van der Waals surface area contributed by atoms with Gasteiger partial charge in [-0.15, -0.1) is 0 Å². The second kappa shape index (κ2) is 6.70. The van der Waals surface area contributed by atoms with Crippen LogP contribution in [0.3, 0.4) is 0 Å². The van der Waals surface area contributed by atoms with Crippen LogP contribution >= 0.6 is 0 Å². The maximum Gasteiger partial charge on any atom is 0.337 e. The van der Waals surface area contributed by atoms with Crippen LogP contribution in [-0.4, -0.2) is 13.1 Å². The van der Waals surface area contributed by atoms with E-state index in [0.717, 1.165) is 41.1 Å². The molecule has 2 aromatic rings. The highest BCUT2D eigenvalue weighted by Gasteiger charge is 2.48. The molecule has 3 heteroatoms. The molecule has 4 saturated carbocycles. The van der Waals surface area contributed by atoms with Crippen molar-refractivity contribution < 1.29 is 14.3 Å². The third kappa shape index (κ3) is 3.13. The van der Waals surface area contributed by atoms with E-state index in [2.05, 4.69) is 24.3 Å². The Balaban J connectivity index is 1.29. The molecule has 0 saturated heterocycles. The SMILES string of the molecule is COC(=O)c1ccc(Oc2ccc(C3C4CC5CC(C4)CC3C5)cc2)cc1. The minimum absolute atomic E-state index is 0.332. The van der Waals surface area contributed by atoms with Gasteiger partial charge in [0.1, 0.15) is 11.5 Å². The Morgan fingerprint density at radius 1 is 0.778 bits per heavy atom. The zero-order valence-corrected chi connectivity index (χ0v) is 15.8. The fraction of sp³-hybridized carbons (Fsp3) is 0.458. The van der Waals surface area contributed by atoms with Gasteiger partial charge in [-0.3, -0.25) is 0 Å². The molecule has 3 nitrogen and oxygen atoms in total. The Hall–Kier alpha value is -2.29. The van der Waals surface area contributed by atoms with Crippen LogP contribution in [0, 0.1) is 23.7 Å². The molecule has 4 aliphatic rings. The summed E-state index contributed by atoms with van der Waals surface area (Å²) >= 11 is 0. The van der Waals surface area contributed by atoms with Gasteiger partial charge in [0, 0.05) is 0 Å². The first-order valence-electron chi connectivity index (χ1n) is 10.2. The van der Waals surface area contributed by atoms with Crippen molar-refractivity contribution in [3.63, 3.8) is 0 Å². The van der Waals surface area contributed by atoms with Gasteiger partial charge in [0.2, 0.25) is 0 Å². The molecule has 6 rings (SSSR count). The summed E-state index contributed by atoms with van der Waals surface area (Å²) in [5, 5.41) is 0. The monoisotopic (exact) mass is 362 g/mol. The predicted molar refractivity (Wildman–Crippen MR) is 104 cm³/mol.